The number of amides is 2. The number of hydrogen-bond donors (Lipinski definition) is 1. The first-order valence-electron chi connectivity index (χ1n) is 11.2. The molecule has 0 saturated heterocycles. The molecule has 3 aromatic rings. The van der Waals surface area contributed by atoms with Gasteiger partial charge in [-0.15, -0.1) is 0 Å². The molecule has 1 N–H and O–H groups in total. The number of rotatable bonds is 11. The van der Waals surface area contributed by atoms with Gasteiger partial charge in [-0.2, -0.15) is 0 Å². The molecule has 0 aliphatic heterocycles. The summed E-state index contributed by atoms with van der Waals surface area (Å²) >= 11 is 6.90. The van der Waals surface area contributed by atoms with Gasteiger partial charge in [0.1, 0.15) is 11.8 Å². The number of nitrogens with one attached hydrogen (secondary N) is 1. The standard InChI is InChI=1S/C27H28Br2N2O3/c1-2-15-30-27(33)25(17-20-7-4-3-5-8-20)31(18-21-9-6-10-23(29)16-21)26(32)19-34-24-13-11-22(28)12-14-24/h3-14,16,25H,2,15,17-19H2,1H3,(H,30,33)/t25-/m0/s1. The minimum atomic E-state index is -0.672. The Morgan fingerprint density at radius 3 is 2.29 bits per heavy atom. The minimum Gasteiger partial charge on any atom is -0.484 e. The maximum Gasteiger partial charge on any atom is 0.261 e. The van der Waals surface area contributed by atoms with Crippen molar-refractivity contribution >= 4 is 43.7 Å². The SMILES string of the molecule is CCCNC(=O)[C@H](Cc1ccccc1)N(Cc1cccc(Br)c1)C(=O)COc1ccc(Br)cc1. The van der Waals surface area contributed by atoms with E-state index in [1.165, 1.54) is 0 Å². The first-order chi connectivity index (χ1) is 16.5. The summed E-state index contributed by atoms with van der Waals surface area (Å²) in [4.78, 5) is 28.4. The number of benzene rings is 3. The summed E-state index contributed by atoms with van der Waals surface area (Å²) in [5.41, 5.74) is 1.91. The van der Waals surface area contributed by atoms with Crippen molar-refractivity contribution in [3.63, 3.8) is 0 Å². The van der Waals surface area contributed by atoms with E-state index in [0.29, 0.717) is 25.3 Å². The van der Waals surface area contributed by atoms with Gasteiger partial charge < -0.3 is 15.0 Å². The highest BCUT2D eigenvalue weighted by Crippen LogP contribution is 2.19. The molecule has 0 aromatic heterocycles. The van der Waals surface area contributed by atoms with Crippen molar-refractivity contribution in [2.24, 2.45) is 0 Å². The van der Waals surface area contributed by atoms with Gasteiger partial charge in [0.2, 0.25) is 5.91 Å². The van der Waals surface area contributed by atoms with Crippen LogP contribution in [0.3, 0.4) is 0 Å². The van der Waals surface area contributed by atoms with Crippen LogP contribution in [0, 0.1) is 0 Å². The van der Waals surface area contributed by atoms with Crippen LogP contribution in [-0.2, 0) is 22.6 Å². The smallest absolute Gasteiger partial charge is 0.261 e. The molecule has 2 amide bonds. The van der Waals surface area contributed by atoms with E-state index in [0.717, 1.165) is 26.5 Å². The number of carbonyl (C=O) groups is 2. The first-order valence-corrected chi connectivity index (χ1v) is 12.8. The van der Waals surface area contributed by atoms with E-state index in [4.69, 9.17) is 4.74 Å². The summed E-state index contributed by atoms with van der Waals surface area (Å²) in [5, 5.41) is 2.98. The molecule has 3 rings (SSSR count). The van der Waals surface area contributed by atoms with Gasteiger partial charge >= 0.3 is 0 Å². The summed E-state index contributed by atoms with van der Waals surface area (Å²) in [5.74, 6) is 0.169. The van der Waals surface area contributed by atoms with Crippen molar-refractivity contribution in [2.75, 3.05) is 13.2 Å². The Bertz CT molecular complexity index is 1070. The Balaban J connectivity index is 1.88. The van der Waals surface area contributed by atoms with Crippen LogP contribution in [0.4, 0.5) is 0 Å². The second kappa shape index (κ2) is 13.3. The zero-order chi connectivity index (χ0) is 24.3. The third-order valence-electron chi connectivity index (χ3n) is 5.24. The highest BCUT2D eigenvalue weighted by atomic mass is 79.9. The molecule has 7 heteroatoms. The number of ether oxygens (including phenoxy) is 1. The monoisotopic (exact) mass is 586 g/mol. The Morgan fingerprint density at radius 2 is 1.62 bits per heavy atom. The van der Waals surface area contributed by atoms with Gasteiger partial charge in [0.15, 0.2) is 6.61 Å². The van der Waals surface area contributed by atoms with E-state index in [-0.39, 0.29) is 18.4 Å². The normalized spacial score (nSPS) is 11.5. The summed E-state index contributed by atoms with van der Waals surface area (Å²) < 4.78 is 7.62. The quantitative estimate of drug-likeness (QED) is 0.310. The molecule has 0 unspecified atom stereocenters. The second-order valence-corrected chi connectivity index (χ2v) is 9.72. The summed E-state index contributed by atoms with van der Waals surface area (Å²) in [6.45, 7) is 2.68. The van der Waals surface area contributed by atoms with E-state index in [1.807, 2.05) is 73.7 Å². The molecule has 0 aliphatic carbocycles. The van der Waals surface area contributed by atoms with E-state index < -0.39 is 6.04 Å². The van der Waals surface area contributed by atoms with Gasteiger partial charge in [0.25, 0.3) is 5.91 Å². The van der Waals surface area contributed by atoms with Crippen molar-refractivity contribution in [3.05, 3.63) is 98.9 Å². The Kier molecular flexibility index (Phi) is 10.2. The molecule has 0 fully saturated rings. The van der Waals surface area contributed by atoms with Crippen LogP contribution in [0.25, 0.3) is 0 Å². The van der Waals surface area contributed by atoms with Crippen molar-refractivity contribution in [1.82, 2.24) is 10.2 Å². The molecule has 0 aliphatic rings. The maximum atomic E-state index is 13.5. The summed E-state index contributed by atoms with van der Waals surface area (Å²) in [6.07, 6.45) is 1.23. The third-order valence-corrected chi connectivity index (χ3v) is 6.26. The number of nitrogens with zero attached hydrogens (tertiary/aromatic N) is 1. The first kappa shape index (κ1) is 26.0. The third kappa shape index (κ3) is 7.99. The van der Waals surface area contributed by atoms with E-state index in [1.54, 1.807) is 17.0 Å². The van der Waals surface area contributed by atoms with Gasteiger partial charge in [-0.3, -0.25) is 9.59 Å². The molecule has 0 bridgehead atoms. The fourth-order valence-corrected chi connectivity index (χ4v) is 4.22. The topological polar surface area (TPSA) is 58.6 Å². The van der Waals surface area contributed by atoms with Crippen LogP contribution in [-0.4, -0.2) is 35.9 Å². The van der Waals surface area contributed by atoms with Crippen LogP contribution < -0.4 is 10.1 Å². The Labute approximate surface area is 217 Å². The lowest BCUT2D eigenvalue weighted by Gasteiger charge is -2.31. The molecule has 0 saturated carbocycles. The molecule has 0 heterocycles. The van der Waals surface area contributed by atoms with Gasteiger partial charge in [0.05, 0.1) is 0 Å². The molecule has 3 aromatic carbocycles. The van der Waals surface area contributed by atoms with Crippen LogP contribution in [0.5, 0.6) is 5.75 Å². The Morgan fingerprint density at radius 1 is 0.912 bits per heavy atom. The van der Waals surface area contributed by atoms with E-state index in [9.17, 15) is 9.59 Å². The zero-order valence-corrected chi connectivity index (χ0v) is 22.2. The second-order valence-electron chi connectivity index (χ2n) is 7.89. The minimum absolute atomic E-state index is 0.165. The Hall–Kier alpha value is -2.64. The predicted molar refractivity (Wildman–Crippen MR) is 142 cm³/mol. The lowest BCUT2D eigenvalue weighted by molar-refractivity contribution is -0.142. The molecule has 34 heavy (non-hydrogen) atoms. The predicted octanol–water partition coefficient (Wildman–Crippen LogP) is 5.76. The highest BCUT2D eigenvalue weighted by Gasteiger charge is 2.30. The number of carbonyl (C=O) groups excluding carboxylic acids is 2. The van der Waals surface area contributed by atoms with Crippen LogP contribution in [0.15, 0.2) is 87.8 Å². The molecule has 0 spiro atoms. The van der Waals surface area contributed by atoms with E-state index >= 15 is 0 Å². The fraction of sp³-hybridized carbons (Fsp3) is 0.259. The number of hydrogen-bond acceptors (Lipinski definition) is 3. The van der Waals surface area contributed by atoms with Gasteiger partial charge in [0, 0.05) is 28.5 Å². The molecular weight excluding hydrogens is 560 g/mol. The molecular formula is C27H28Br2N2O3. The average Bonchev–Trinajstić information content (AvgIpc) is 2.85. The molecule has 178 valence electrons. The molecule has 5 nitrogen and oxygen atoms in total. The van der Waals surface area contributed by atoms with Crippen LogP contribution >= 0.6 is 31.9 Å². The fourth-order valence-electron chi connectivity index (χ4n) is 3.51. The largest absolute Gasteiger partial charge is 0.484 e. The van der Waals surface area contributed by atoms with Crippen molar-refractivity contribution < 1.29 is 14.3 Å². The van der Waals surface area contributed by atoms with E-state index in [2.05, 4.69) is 37.2 Å². The van der Waals surface area contributed by atoms with Gasteiger partial charge in [-0.05, 0) is 53.9 Å². The van der Waals surface area contributed by atoms with Crippen molar-refractivity contribution in [1.29, 1.82) is 0 Å². The van der Waals surface area contributed by atoms with Gasteiger partial charge in [-0.25, -0.2) is 0 Å². The highest BCUT2D eigenvalue weighted by molar-refractivity contribution is 9.10. The lowest BCUT2D eigenvalue weighted by Crippen LogP contribution is -2.51. The van der Waals surface area contributed by atoms with Gasteiger partial charge in [-0.1, -0.05) is 81.2 Å². The molecule has 1 atom stereocenters. The summed E-state index contributed by atoms with van der Waals surface area (Å²) in [6, 6.07) is 24.2. The average molecular weight is 588 g/mol. The molecule has 0 radical (unpaired) electrons. The maximum absolute atomic E-state index is 13.5. The van der Waals surface area contributed by atoms with Crippen molar-refractivity contribution in [3.8, 4) is 5.75 Å². The number of halogens is 2. The van der Waals surface area contributed by atoms with Crippen molar-refractivity contribution in [2.45, 2.75) is 32.4 Å². The zero-order valence-electron chi connectivity index (χ0n) is 19.0. The van der Waals surface area contributed by atoms with Crippen LogP contribution in [0.1, 0.15) is 24.5 Å². The lowest BCUT2D eigenvalue weighted by atomic mass is 10.0. The summed E-state index contributed by atoms with van der Waals surface area (Å²) in [7, 11) is 0. The van der Waals surface area contributed by atoms with Crippen LogP contribution in [0.2, 0.25) is 0 Å².